The molecule has 0 amide bonds. The van der Waals surface area contributed by atoms with Crippen LogP contribution in [0.1, 0.15) is 16.5 Å². The number of ether oxygens (including phenoxy) is 1. The van der Waals surface area contributed by atoms with Crippen LogP contribution in [0.4, 0.5) is 0 Å². The molecule has 0 saturated heterocycles. The predicted octanol–water partition coefficient (Wildman–Crippen LogP) is 4.44. The van der Waals surface area contributed by atoms with Crippen molar-refractivity contribution in [2.45, 2.75) is 13.0 Å². The molecule has 1 unspecified atom stereocenters. The molecule has 0 bridgehead atoms. The lowest BCUT2D eigenvalue weighted by molar-refractivity contribution is 0.216. The molecule has 2 aromatic rings. The van der Waals surface area contributed by atoms with Crippen molar-refractivity contribution in [1.82, 2.24) is 0 Å². The summed E-state index contributed by atoms with van der Waals surface area (Å²) in [5.74, 6) is 0.752. The third-order valence-electron chi connectivity index (χ3n) is 2.54. The first-order chi connectivity index (χ1) is 8.60. The van der Waals surface area contributed by atoms with Crippen molar-refractivity contribution >= 4 is 34.5 Å². The van der Waals surface area contributed by atoms with Crippen LogP contribution in [0.3, 0.4) is 0 Å². The second-order valence-electron chi connectivity index (χ2n) is 3.89. The quantitative estimate of drug-likeness (QED) is 0.906. The molecule has 2 N–H and O–H groups in total. The molecule has 2 nitrogen and oxygen atoms in total. The Morgan fingerprint density at radius 2 is 2.06 bits per heavy atom. The number of benzene rings is 1. The predicted molar refractivity (Wildman–Crippen MR) is 77.9 cm³/mol. The zero-order chi connectivity index (χ0) is 13.1. The Hall–Kier alpha value is -0.740. The molecule has 0 spiro atoms. The number of rotatable bonds is 4. The van der Waals surface area contributed by atoms with Gasteiger partial charge in [0.25, 0.3) is 0 Å². The summed E-state index contributed by atoms with van der Waals surface area (Å²) >= 11 is 13.4. The summed E-state index contributed by atoms with van der Waals surface area (Å²) in [7, 11) is 0. The maximum atomic E-state index is 5.96. The largest absolute Gasteiger partial charge is 0.483 e. The molecule has 0 fully saturated rings. The van der Waals surface area contributed by atoms with E-state index < -0.39 is 0 Å². The minimum atomic E-state index is -0.195. The van der Waals surface area contributed by atoms with E-state index >= 15 is 0 Å². The lowest BCUT2D eigenvalue weighted by Crippen LogP contribution is -2.17. The molecule has 1 atom stereocenters. The van der Waals surface area contributed by atoms with E-state index in [0.717, 1.165) is 20.5 Å². The summed E-state index contributed by atoms with van der Waals surface area (Å²) in [5, 5.41) is 0.649. The van der Waals surface area contributed by atoms with Gasteiger partial charge in [-0.1, -0.05) is 29.3 Å². The van der Waals surface area contributed by atoms with E-state index in [-0.39, 0.29) is 6.10 Å². The van der Waals surface area contributed by atoms with Gasteiger partial charge in [0.1, 0.15) is 11.9 Å². The molecule has 1 aromatic carbocycles. The van der Waals surface area contributed by atoms with E-state index in [1.165, 1.54) is 11.3 Å². The van der Waals surface area contributed by atoms with E-state index in [0.29, 0.717) is 11.6 Å². The van der Waals surface area contributed by atoms with Gasteiger partial charge in [0, 0.05) is 16.4 Å². The first-order valence-electron chi connectivity index (χ1n) is 5.48. The molecule has 0 saturated carbocycles. The van der Waals surface area contributed by atoms with Gasteiger partial charge in [-0.2, -0.15) is 0 Å². The van der Waals surface area contributed by atoms with E-state index in [9.17, 15) is 0 Å². The number of halogens is 2. The Bertz CT molecular complexity index is 542. The van der Waals surface area contributed by atoms with Crippen molar-refractivity contribution in [3.05, 3.63) is 50.1 Å². The SMILES string of the molecule is Cc1ccc(Cl)cc1OC(CN)c1ccc(Cl)s1. The molecular weight excluding hydrogens is 289 g/mol. The summed E-state index contributed by atoms with van der Waals surface area (Å²) in [5.41, 5.74) is 6.78. The third kappa shape index (κ3) is 3.18. The van der Waals surface area contributed by atoms with Crippen LogP contribution in [0.25, 0.3) is 0 Å². The van der Waals surface area contributed by atoms with Crippen LogP contribution in [0.2, 0.25) is 9.36 Å². The van der Waals surface area contributed by atoms with Gasteiger partial charge >= 0.3 is 0 Å². The first kappa shape index (κ1) is 13.7. The fourth-order valence-corrected chi connectivity index (χ4v) is 2.84. The van der Waals surface area contributed by atoms with Gasteiger partial charge in [-0.15, -0.1) is 11.3 Å². The van der Waals surface area contributed by atoms with Crippen molar-refractivity contribution in [3.63, 3.8) is 0 Å². The summed E-state index contributed by atoms with van der Waals surface area (Å²) in [4.78, 5) is 1.02. The Morgan fingerprint density at radius 3 is 2.67 bits per heavy atom. The van der Waals surface area contributed by atoms with E-state index in [1.807, 2.05) is 31.2 Å². The van der Waals surface area contributed by atoms with Crippen LogP contribution < -0.4 is 10.5 Å². The highest BCUT2D eigenvalue weighted by Gasteiger charge is 2.15. The van der Waals surface area contributed by atoms with Crippen LogP contribution >= 0.6 is 34.5 Å². The number of hydrogen-bond acceptors (Lipinski definition) is 3. The molecule has 5 heteroatoms. The van der Waals surface area contributed by atoms with Crippen LogP contribution in [-0.2, 0) is 0 Å². The second-order valence-corrected chi connectivity index (χ2v) is 6.08. The van der Waals surface area contributed by atoms with Crippen LogP contribution in [0, 0.1) is 6.92 Å². The molecular formula is C13H13Cl2NOS. The minimum Gasteiger partial charge on any atom is -0.483 e. The zero-order valence-electron chi connectivity index (χ0n) is 9.82. The van der Waals surface area contributed by atoms with Gasteiger partial charge in [0.2, 0.25) is 0 Å². The monoisotopic (exact) mass is 301 g/mol. The van der Waals surface area contributed by atoms with Crippen molar-refractivity contribution in [2.75, 3.05) is 6.54 Å². The standard InChI is InChI=1S/C13H13Cl2NOS/c1-8-2-3-9(14)6-10(8)17-11(7-16)12-4-5-13(15)18-12/h2-6,11H,7,16H2,1H3. The van der Waals surface area contributed by atoms with E-state index in [4.69, 9.17) is 33.7 Å². The van der Waals surface area contributed by atoms with Crippen molar-refractivity contribution in [1.29, 1.82) is 0 Å². The summed E-state index contributed by atoms with van der Waals surface area (Å²) in [6.45, 7) is 2.36. The summed E-state index contributed by atoms with van der Waals surface area (Å²) < 4.78 is 6.65. The Morgan fingerprint density at radius 1 is 1.28 bits per heavy atom. The topological polar surface area (TPSA) is 35.2 Å². The van der Waals surface area contributed by atoms with Gasteiger partial charge in [-0.3, -0.25) is 0 Å². The highest BCUT2D eigenvalue weighted by atomic mass is 35.5. The molecule has 96 valence electrons. The molecule has 0 aliphatic heterocycles. The molecule has 2 rings (SSSR count). The molecule has 1 heterocycles. The number of aryl methyl sites for hydroxylation is 1. The summed E-state index contributed by atoms with van der Waals surface area (Å²) in [6, 6.07) is 9.34. The number of nitrogens with two attached hydrogens (primary N) is 1. The van der Waals surface area contributed by atoms with Gasteiger partial charge in [-0.05, 0) is 36.8 Å². The van der Waals surface area contributed by atoms with E-state index in [2.05, 4.69) is 0 Å². The fraction of sp³-hybridized carbons (Fsp3) is 0.231. The normalized spacial score (nSPS) is 12.4. The van der Waals surface area contributed by atoms with Crippen molar-refractivity contribution in [3.8, 4) is 5.75 Å². The average Bonchev–Trinajstić information content (AvgIpc) is 2.77. The Kier molecular flexibility index (Phi) is 4.51. The van der Waals surface area contributed by atoms with Crippen LogP contribution in [0.15, 0.2) is 30.3 Å². The number of thiophene rings is 1. The van der Waals surface area contributed by atoms with Crippen LogP contribution in [0.5, 0.6) is 5.75 Å². The second kappa shape index (κ2) is 5.93. The summed E-state index contributed by atoms with van der Waals surface area (Å²) in [6.07, 6.45) is -0.195. The highest BCUT2D eigenvalue weighted by molar-refractivity contribution is 7.16. The first-order valence-corrected chi connectivity index (χ1v) is 7.05. The van der Waals surface area contributed by atoms with Crippen LogP contribution in [-0.4, -0.2) is 6.54 Å². The minimum absolute atomic E-state index is 0.195. The maximum Gasteiger partial charge on any atom is 0.145 e. The molecule has 0 radical (unpaired) electrons. The third-order valence-corrected chi connectivity index (χ3v) is 4.10. The Balaban J connectivity index is 2.22. The average molecular weight is 302 g/mol. The zero-order valence-corrected chi connectivity index (χ0v) is 12.1. The number of hydrogen-bond donors (Lipinski definition) is 1. The van der Waals surface area contributed by atoms with Crippen molar-refractivity contribution in [2.24, 2.45) is 5.73 Å². The highest BCUT2D eigenvalue weighted by Crippen LogP contribution is 2.32. The lowest BCUT2D eigenvalue weighted by atomic mass is 10.2. The Labute approximate surface area is 120 Å². The fourth-order valence-electron chi connectivity index (χ4n) is 1.58. The molecule has 18 heavy (non-hydrogen) atoms. The molecule has 1 aromatic heterocycles. The molecule has 0 aliphatic rings. The van der Waals surface area contributed by atoms with Gasteiger partial charge in [-0.25, -0.2) is 0 Å². The smallest absolute Gasteiger partial charge is 0.145 e. The van der Waals surface area contributed by atoms with E-state index in [1.54, 1.807) is 6.07 Å². The maximum absolute atomic E-state index is 5.96. The molecule has 0 aliphatic carbocycles. The lowest BCUT2D eigenvalue weighted by Gasteiger charge is -2.17. The van der Waals surface area contributed by atoms with Crippen molar-refractivity contribution < 1.29 is 4.74 Å². The van der Waals surface area contributed by atoms with Gasteiger partial charge in [0.15, 0.2) is 0 Å². The van der Waals surface area contributed by atoms with Gasteiger partial charge in [0.05, 0.1) is 4.34 Å². The van der Waals surface area contributed by atoms with Gasteiger partial charge < -0.3 is 10.5 Å².